The lowest BCUT2D eigenvalue weighted by atomic mass is 10.2. The van der Waals surface area contributed by atoms with Gasteiger partial charge in [-0.1, -0.05) is 6.07 Å². The third-order valence-electron chi connectivity index (χ3n) is 3.12. The van der Waals surface area contributed by atoms with Gasteiger partial charge in [0.15, 0.2) is 0 Å². The first-order valence-electron chi connectivity index (χ1n) is 6.23. The van der Waals surface area contributed by atoms with Gasteiger partial charge in [-0.2, -0.15) is 5.21 Å². The summed E-state index contributed by atoms with van der Waals surface area (Å²) in [5.41, 5.74) is 1.86. The Hall–Kier alpha value is -2.44. The molecule has 2 aromatic rings. The monoisotopic (exact) mass is 258 g/mol. The topological polar surface area (TPSA) is 86.8 Å². The number of carbonyl (C=O) groups is 1. The number of rotatable bonds is 3. The summed E-state index contributed by atoms with van der Waals surface area (Å²) in [4.78, 5) is 14.1. The van der Waals surface area contributed by atoms with Gasteiger partial charge >= 0.3 is 0 Å². The molecular formula is C12H14N6O. The minimum atomic E-state index is -0.368. The largest absolute Gasteiger partial charge is 0.371 e. The Kier molecular flexibility index (Phi) is 3.09. The number of H-pyrrole nitrogens is 1. The van der Waals surface area contributed by atoms with E-state index in [2.05, 4.69) is 36.9 Å². The van der Waals surface area contributed by atoms with E-state index in [4.69, 9.17) is 0 Å². The van der Waals surface area contributed by atoms with Crippen LogP contribution in [0.3, 0.4) is 0 Å². The highest BCUT2D eigenvalue weighted by Crippen LogP contribution is 2.23. The predicted molar refractivity (Wildman–Crippen MR) is 70.0 cm³/mol. The molecule has 0 unspecified atom stereocenters. The van der Waals surface area contributed by atoms with Crippen LogP contribution < -0.4 is 10.2 Å². The van der Waals surface area contributed by atoms with Gasteiger partial charge in [-0.05, 0) is 36.3 Å². The van der Waals surface area contributed by atoms with Crippen LogP contribution in [0.5, 0.6) is 0 Å². The molecule has 0 saturated carbocycles. The number of carbonyl (C=O) groups excluding carboxylic acids is 1. The molecule has 1 fully saturated rings. The summed E-state index contributed by atoms with van der Waals surface area (Å²) < 4.78 is 0. The highest BCUT2D eigenvalue weighted by atomic mass is 16.2. The molecule has 19 heavy (non-hydrogen) atoms. The van der Waals surface area contributed by atoms with Crippen LogP contribution in [0, 0.1) is 0 Å². The molecule has 0 radical (unpaired) electrons. The highest BCUT2D eigenvalue weighted by Gasteiger charge is 2.14. The van der Waals surface area contributed by atoms with Gasteiger partial charge in [-0.25, -0.2) is 0 Å². The maximum atomic E-state index is 11.8. The Bertz CT molecular complexity index is 561. The SMILES string of the molecule is O=C(Nc1cccc(N2CCCC2)c1)c1nn[nH]n1. The standard InChI is InChI=1S/C12H14N6O/c19-12(11-14-16-17-15-11)13-9-4-3-5-10(8-9)18-6-1-2-7-18/h3-5,8H,1-2,6-7H2,(H,13,19)(H,14,15,16,17). The van der Waals surface area contributed by atoms with E-state index in [9.17, 15) is 4.79 Å². The quantitative estimate of drug-likeness (QED) is 0.859. The van der Waals surface area contributed by atoms with Crippen molar-refractivity contribution < 1.29 is 4.79 Å². The molecule has 98 valence electrons. The van der Waals surface area contributed by atoms with Crippen molar-refractivity contribution in [3.05, 3.63) is 30.1 Å². The van der Waals surface area contributed by atoms with Crippen LogP contribution in [0.25, 0.3) is 0 Å². The first kappa shape index (κ1) is 11.6. The summed E-state index contributed by atoms with van der Waals surface area (Å²) in [6.07, 6.45) is 2.44. The third-order valence-corrected chi connectivity index (χ3v) is 3.12. The number of aromatic amines is 1. The summed E-state index contributed by atoms with van der Waals surface area (Å²) in [5.74, 6) is -0.334. The van der Waals surface area contributed by atoms with E-state index in [1.54, 1.807) is 0 Å². The molecule has 1 amide bonds. The zero-order chi connectivity index (χ0) is 13.1. The van der Waals surface area contributed by atoms with E-state index >= 15 is 0 Å². The van der Waals surface area contributed by atoms with Crippen LogP contribution in [0.15, 0.2) is 24.3 Å². The molecule has 0 spiro atoms. The van der Waals surface area contributed by atoms with Gasteiger partial charge in [0.2, 0.25) is 0 Å². The number of hydrogen-bond acceptors (Lipinski definition) is 5. The molecule has 2 N–H and O–H groups in total. The molecule has 1 aliphatic heterocycles. The Balaban J connectivity index is 1.74. The van der Waals surface area contributed by atoms with Gasteiger partial charge in [0.25, 0.3) is 11.7 Å². The maximum absolute atomic E-state index is 11.8. The fourth-order valence-electron chi connectivity index (χ4n) is 2.20. The fraction of sp³-hybridized carbons (Fsp3) is 0.333. The van der Waals surface area contributed by atoms with Crippen molar-refractivity contribution in [2.24, 2.45) is 0 Å². The molecule has 1 aromatic heterocycles. The summed E-state index contributed by atoms with van der Waals surface area (Å²) in [6.45, 7) is 2.14. The molecule has 0 atom stereocenters. The minimum absolute atomic E-state index is 0.0339. The van der Waals surface area contributed by atoms with E-state index in [-0.39, 0.29) is 11.7 Å². The van der Waals surface area contributed by atoms with E-state index in [1.165, 1.54) is 12.8 Å². The second-order valence-corrected chi connectivity index (χ2v) is 4.43. The van der Waals surface area contributed by atoms with Gasteiger partial charge in [-0.3, -0.25) is 4.79 Å². The number of tetrazole rings is 1. The number of hydrogen-bond donors (Lipinski definition) is 2. The van der Waals surface area contributed by atoms with Crippen LogP contribution in [0.2, 0.25) is 0 Å². The number of nitrogens with zero attached hydrogens (tertiary/aromatic N) is 4. The van der Waals surface area contributed by atoms with Crippen LogP contribution in [-0.2, 0) is 0 Å². The molecule has 1 aromatic carbocycles. The van der Waals surface area contributed by atoms with Crippen LogP contribution in [-0.4, -0.2) is 39.6 Å². The van der Waals surface area contributed by atoms with Crippen molar-refractivity contribution in [3.63, 3.8) is 0 Å². The van der Waals surface area contributed by atoms with Crippen LogP contribution >= 0.6 is 0 Å². The number of benzene rings is 1. The van der Waals surface area contributed by atoms with Crippen molar-refractivity contribution in [2.45, 2.75) is 12.8 Å². The zero-order valence-electron chi connectivity index (χ0n) is 10.3. The second kappa shape index (κ2) is 5.05. The van der Waals surface area contributed by atoms with Crippen molar-refractivity contribution in [3.8, 4) is 0 Å². The number of amides is 1. The fourth-order valence-corrected chi connectivity index (χ4v) is 2.20. The average Bonchev–Trinajstić information content (AvgIpc) is 3.13. The molecule has 1 saturated heterocycles. The molecular weight excluding hydrogens is 244 g/mol. The molecule has 0 bridgehead atoms. The highest BCUT2D eigenvalue weighted by molar-refractivity contribution is 6.01. The second-order valence-electron chi connectivity index (χ2n) is 4.43. The molecule has 7 nitrogen and oxygen atoms in total. The lowest BCUT2D eigenvalue weighted by Gasteiger charge is -2.18. The Labute approximate surface area is 110 Å². The van der Waals surface area contributed by atoms with Crippen molar-refractivity contribution in [1.29, 1.82) is 0 Å². The van der Waals surface area contributed by atoms with Gasteiger partial charge in [0, 0.05) is 24.5 Å². The minimum Gasteiger partial charge on any atom is -0.371 e. The Morgan fingerprint density at radius 1 is 1.32 bits per heavy atom. The van der Waals surface area contributed by atoms with Gasteiger partial charge in [-0.15, -0.1) is 10.2 Å². The third kappa shape index (κ3) is 2.54. The molecule has 0 aliphatic carbocycles. The summed E-state index contributed by atoms with van der Waals surface area (Å²) in [5, 5.41) is 15.7. The van der Waals surface area contributed by atoms with Crippen molar-refractivity contribution in [2.75, 3.05) is 23.3 Å². The molecule has 2 heterocycles. The Morgan fingerprint density at radius 3 is 2.89 bits per heavy atom. The van der Waals surface area contributed by atoms with Gasteiger partial charge in [0.05, 0.1) is 0 Å². The number of nitrogens with one attached hydrogen (secondary N) is 2. The Morgan fingerprint density at radius 2 is 2.16 bits per heavy atom. The first-order valence-corrected chi connectivity index (χ1v) is 6.23. The van der Waals surface area contributed by atoms with Gasteiger partial charge < -0.3 is 10.2 Å². The van der Waals surface area contributed by atoms with E-state index in [0.29, 0.717) is 0 Å². The predicted octanol–water partition coefficient (Wildman–Crippen LogP) is 1.05. The molecule has 1 aliphatic rings. The lowest BCUT2D eigenvalue weighted by Crippen LogP contribution is -2.18. The average molecular weight is 258 g/mol. The summed E-state index contributed by atoms with van der Waals surface area (Å²) in [6, 6.07) is 7.79. The van der Waals surface area contributed by atoms with Crippen molar-refractivity contribution in [1.82, 2.24) is 20.6 Å². The van der Waals surface area contributed by atoms with Crippen LogP contribution in [0.1, 0.15) is 23.5 Å². The maximum Gasteiger partial charge on any atom is 0.297 e. The number of aromatic nitrogens is 4. The smallest absolute Gasteiger partial charge is 0.297 e. The van der Waals surface area contributed by atoms with Gasteiger partial charge in [0.1, 0.15) is 0 Å². The zero-order valence-corrected chi connectivity index (χ0v) is 10.3. The van der Waals surface area contributed by atoms with Crippen LogP contribution in [0.4, 0.5) is 11.4 Å². The normalized spacial score (nSPS) is 14.6. The van der Waals surface area contributed by atoms with E-state index in [1.807, 2.05) is 18.2 Å². The van der Waals surface area contributed by atoms with Crippen molar-refractivity contribution >= 4 is 17.3 Å². The molecule has 7 heteroatoms. The molecule has 3 rings (SSSR count). The summed E-state index contributed by atoms with van der Waals surface area (Å²) >= 11 is 0. The first-order chi connectivity index (χ1) is 9.33. The number of anilines is 2. The lowest BCUT2D eigenvalue weighted by molar-refractivity contribution is 0.101. The van der Waals surface area contributed by atoms with E-state index in [0.717, 1.165) is 24.5 Å². The van der Waals surface area contributed by atoms with E-state index < -0.39 is 0 Å². The summed E-state index contributed by atoms with van der Waals surface area (Å²) in [7, 11) is 0.